The van der Waals surface area contributed by atoms with Crippen LogP contribution in [0.2, 0.25) is 0 Å². The Morgan fingerprint density at radius 2 is 1.66 bits per heavy atom. The smallest absolute Gasteiger partial charge is 0.414 e. The highest BCUT2D eigenvalue weighted by atomic mass is 16.5. The number of aliphatic carboxylic acids is 2. The molecule has 0 unspecified atom stereocenters. The van der Waals surface area contributed by atoms with Crippen LogP contribution in [0.3, 0.4) is 0 Å². The molecule has 3 rings (SSSR count). The fraction of sp³-hybridized carbons (Fsp3) is 0.190. The third-order valence-electron chi connectivity index (χ3n) is 3.95. The van der Waals surface area contributed by atoms with Crippen molar-refractivity contribution in [3.8, 4) is 17.0 Å². The molecule has 0 bridgehead atoms. The molecule has 0 radical (unpaired) electrons. The molecule has 0 saturated carbocycles. The molecule has 29 heavy (non-hydrogen) atoms. The Balaban J connectivity index is 0.000000438. The molecule has 2 aromatic carbocycles. The van der Waals surface area contributed by atoms with Crippen molar-refractivity contribution >= 4 is 17.9 Å². The van der Waals surface area contributed by atoms with Gasteiger partial charge in [-0.3, -0.25) is 0 Å². The van der Waals surface area contributed by atoms with Gasteiger partial charge in [0.15, 0.2) is 0 Å². The van der Waals surface area contributed by atoms with Crippen LogP contribution < -0.4 is 10.1 Å². The summed E-state index contributed by atoms with van der Waals surface area (Å²) in [6.07, 6.45) is 1.89. The minimum atomic E-state index is -1.82. The molecule has 0 amide bonds. The van der Waals surface area contributed by atoms with Gasteiger partial charge in [-0.1, -0.05) is 48.5 Å². The Bertz CT molecular complexity index is 942. The zero-order valence-corrected chi connectivity index (χ0v) is 16.2. The average molecular weight is 397 g/mol. The summed E-state index contributed by atoms with van der Waals surface area (Å²) in [6.45, 7) is 3.34. The lowest BCUT2D eigenvalue weighted by atomic mass is 10.2. The van der Waals surface area contributed by atoms with Gasteiger partial charge >= 0.3 is 11.9 Å². The number of anilines is 1. The Kier molecular flexibility index (Phi) is 7.78. The Morgan fingerprint density at radius 1 is 1.03 bits per heavy atom. The number of carboxylic acids is 2. The monoisotopic (exact) mass is 397 g/mol. The number of benzene rings is 2. The van der Waals surface area contributed by atoms with Gasteiger partial charge in [-0.15, -0.1) is 0 Å². The Labute approximate surface area is 168 Å². The number of hydrogen-bond acceptors (Lipinski definition) is 5. The first-order chi connectivity index (χ1) is 13.9. The van der Waals surface area contributed by atoms with E-state index in [9.17, 15) is 0 Å². The Morgan fingerprint density at radius 3 is 2.28 bits per heavy atom. The SMILES string of the molecule is CCOc1ccccc1CNc1ncc(-c2ccccc2)n1C.O=C(O)C(=O)O. The molecule has 0 aliphatic carbocycles. The van der Waals surface area contributed by atoms with Crippen LogP contribution in [-0.4, -0.2) is 38.3 Å². The van der Waals surface area contributed by atoms with Gasteiger partial charge in [0.2, 0.25) is 5.95 Å². The second-order valence-electron chi connectivity index (χ2n) is 5.90. The quantitative estimate of drug-likeness (QED) is 0.547. The number of nitrogens with zero attached hydrogens (tertiary/aromatic N) is 2. The van der Waals surface area contributed by atoms with Gasteiger partial charge in [0.1, 0.15) is 5.75 Å². The van der Waals surface area contributed by atoms with Crippen molar-refractivity contribution in [2.75, 3.05) is 11.9 Å². The molecule has 0 atom stereocenters. The maximum atomic E-state index is 9.10. The van der Waals surface area contributed by atoms with Crippen molar-refractivity contribution in [2.24, 2.45) is 7.05 Å². The van der Waals surface area contributed by atoms with Gasteiger partial charge in [-0.25, -0.2) is 14.6 Å². The molecule has 1 aromatic heterocycles. The van der Waals surface area contributed by atoms with E-state index in [1.807, 2.05) is 56.6 Å². The predicted molar refractivity (Wildman–Crippen MR) is 109 cm³/mol. The molecule has 152 valence electrons. The van der Waals surface area contributed by atoms with Crippen LogP contribution in [0, 0.1) is 0 Å². The van der Waals surface area contributed by atoms with E-state index in [1.54, 1.807) is 0 Å². The van der Waals surface area contributed by atoms with Crippen molar-refractivity contribution in [3.63, 3.8) is 0 Å². The van der Waals surface area contributed by atoms with Gasteiger partial charge in [0.05, 0.1) is 18.5 Å². The summed E-state index contributed by atoms with van der Waals surface area (Å²) < 4.78 is 7.73. The van der Waals surface area contributed by atoms with Crippen molar-refractivity contribution in [3.05, 3.63) is 66.4 Å². The molecule has 0 saturated heterocycles. The fourth-order valence-corrected chi connectivity index (χ4v) is 2.57. The zero-order chi connectivity index (χ0) is 21.2. The first-order valence-electron chi connectivity index (χ1n) is 8.92. The largest absolute Gasteiger partial charge is 0.494 e. The number of para-hydroxylation sites is 1. The molecule has 3 aromatic rings. The summed E-state index contributed by atoms with van der Waals surface area (Å²) in [5, 5.41) is 18.2. The third kappa shape index (κ3) is 6.10. The van der Waals surface area contributed by atoms with Gasteiger partial charge < -0.3 is 24.8 Å². The van der Waals surface area contributed by atoms with Gasteiger partial charge in [-0.2, -0.15) is 0 Å². The van der Waals surface area contributed by atoms with E-state index in [1.165, 1.54) is 0 Å². The minimum absolute atomic E-state index is 0.664. The minimum Gasteiger partial charge on any atom is -0.494 e. The van der Waals surface area contributed by atoms with E-state index in [2.05, 4.69) is 33.1 Å². The molecular weight excluding hydrogens is 374 g/mol. The van der Waals surface area contributed by atoms with Gasteiger partial charge in [0, 0.05) is 19.2 Å². The van der Waals surface area contributed by atoms with Gasteiger partial charge in [0.25, 0.3) is 0 Å². The van der Waals surface area contributed by atoms with E-state index in [0.29, 0.717) is 13.2 Å². The Hall–Kier alpha value is -3.81. The maximum Gasteiger partial charge on any atom is 0.414 e. The highest BCUT2D eigenvalue weighted by molar-refractivity contribution is 6.27. The van der Waals surface area contributed by atoms with Crippen LogP contribution >= 0.6 is 0 Å². The van der Waals surface area contributed by atoms with E-state index < -0.39 is 11.9 Å². The lowest BCUT2D eigenvalue weighted by molar-refractivity contribution is -0.159. The topological polar surface area (TPSA) is 114 Å². The maximum absolute atomic E-state index is 9.10. The lowest BCUT2D eigenvalue weighted by Crippen LogP contribution is -2.09. The summed E-state index contributed by atoms with van der Waals surface area (Å²) >= 11 is 0. The molecule has 0 aliphatic rings. The number of imidazole rings is 1. The second-order valence-corrected chi connectivity index (χ2v) is 5.90. The number of hydrogen-bond donors (Lipinski definition) is 3. The van der Waals surface area contributed by atoms with Crippen LogP contribution in [0.4, 0.5) is 5.95 Å². The molecule has 0 spiro atoms. The molecule has 0 aliphatic heterocycles. The summed E-state index contributed by atoms with van der Waals surface area (Å²) in [7, 11) is 2.02. The highest BCUT2D eigenvalue weighted by Gasteiger charge is 2.09. The number of carboxylic acid groups (broad SMARTS) is 2. The molecule has 3 N–H and O–H groups in total. The normalized spacial score (nSPS) is 9.86. The van der Waals surface area contributed by atoms with Crippen LogP contribution in [0.25, 0.3) is 11.3 Å². The van der Waals surface area contributed by atoms with Crippen LogP contribution in [0.15, 0.2) is 60.8 Å². The van der Waals surface area contributed by atoms with E-state index in [0.717, 1.165) is 28.5 Å². The molecular formula is C21H23N3O5. The molecule has 1 heterocycles. The standard InChI is InChI=1S/C19H21N3O.C2H2O4/c1-3-23-18-12-8-7-11-16(18)13-20-19-21-14-17(22(19)2)15-9-5-4-6-10-15;3-1(4)2(5)6/h4-12,14H,3,13H2,1-2H3,(H,20,21);(H,3,4)(H,5,6). The predicted octanol–water partition coefficient (Wildman–Crippen LogP) is 3.25. The number of ether oxygens (including phenoxy) is 1. The van der Waals surface area contributed by atoms with Crippen LogP contribution in [0.1, 0.15) is 12.5 Å². The first kappa shape index (κ1) is 21.5. The second kappa shape index (κ2) is 10.5. The number of rotatable bonds is 6. The average Bonchev–Trinajstić information content (AvgIpc) is 3.09. The highest BCUT2D eigenvalue weighted by Crippen LogP contribution is 2.23. The van der Waals surface area contributed by atoms with Crippen LogP contribution in [0.5, 0.6) is 5.75 Å². The van der Waals surface area contributed by atoms with E-state index in [-0.39, 0.29) is 0 Å². The van der Waals surface area contributed by atoms with Crippen molar-refractivity contribution < 1.29 is 24.5 Å². The molecule has 8 nitrogen and oxygen atoms in total. The number of nitrogens with one attached hydrogen (secondary N) is 1. The third-order valence-corrected chi connectivity index (χ3v) is 3.95. The van der Waals surface area contributed by atoms with E-state index >= 15 is 0 Å². The number of aromatic nitrogens is 2. The lowest BCUT2D eigenvalue weighted by Gasteiger charge is -2.12. The van der Waals surface area contributed by atoms with Crippen molar-refractivity contribution in [2.45, 2.75) is 13.5 Å². The zero-order valence-electron chi connectivity index (χ0n) is 16.2. The summed E-state index contributed by atoms with van der Waals surface area (Å²) in [6, 6.07) is 18.3. The molecule has 8 heteroatoms. The summed E-state index contributed by atoms with van der Waals surface area (Å²) in [5.74, 6) is -1.89. The molecule has 0 fully saturated rings. The van der Waals surface area contributed by atoms with E-state index in [4.69, 9.17) is 24.5 Å². The van der Waals surface area contributed by atoms with Gasteiger partial charge in [-0.05, 0) is 18.6 Å². The van der Waals surface area contributed by atoms with Crippen molar-refractivity contribution in [1.29, 1.82) is 0 Å². The summed E-state index contributed by atoms with van der Waals surface area (Å²) in [5.41, 5.74) is 3.37. The van der Waals surface area contributed by atoms with Crippen LogP contribution in [-0.2, 0) is 23.2 Å². The number of carbonyl (C=O) groups is 2. The summed E-state index contributed by atoms with van der Waals surface area (Å²) in [4.78, 5) is 22.7. The first-order valence-corrected chi connectivity index (χ1v) is 8.92. The fourth-order valence-electron chi connectivity index (χ4n) is 2.57. The van der Waals surface area contributed by atoms with Crippen molar-refractivity contribution in [1.82, 2.24) is 9.55 Å².